The summed E-state index contributed by atoms with van der Waals surface area (Å²) in [6.45, 7) is 7.07. The van der Waals surface area contributed by atoms with Gasteiger partial charge in [0.05, 0.1) is 0 Å². The van der Waals surface area contributed by atoms with E-state index in [-0.39, 0.29) is 19.0 Å². The Morgan fingerprint density at radius 3 is 2.21 bits per heavy atom. The molecule has 0 aromatic carbocycles. The van der Waals surface area contributed by atoms with Crippen molar-refractivity contribution in [3.63, 3.8) is 0 Å². The van der Waals surface area contributed by atoms with Gasteiger partial charge in [-0.05, 0) is 27.2 Å². The van der Waals surface area contributed by atoms with Gasteiger partial charge in [0.15, 0.2) is 6.10 Å². The molecule has 0 fully saturated rings. The molecule has 0 aliphatic rings. The number of ether oxygens (including phenoxy) is 1. The molecule has 0 spiro atoms. The zero-order valence-electron chi connectivity index (χ0n) is 14.9. The molecule has 3 N–H and O–H groups in total. The van der Waals surface area contributed by atoms with Crippen LogP contribution in [0.5, 0.6) is 0 Å². The molecule has 0 aromatic rings. The molecule has 24 heavy (non-hydrogen) atoms. The first kappa shape index (κ1) is 22.3. The Labute approximate surface area is 143 Å². The van der Waals surface area contributed by atoms with Crippen LogP contribution in [-0.4, -0.2) is 64.4 Å². The Balaban J connectivity index is 4.54. The summed E-state index contributed by atoms with van der Waals surface area (Å²) >= 11 is 0. The van der Waals surface area contributed by atoms with Crippen LogP contribution >= 0.6 is 0 Å². The van der Waals surface area contributed by atoms with E-state index in [0.29, 0.717) is 6.42 Å². The molecule has 0 radical (unpaired) electrons. The second kappa shape index (κ2) is 11.8. The lowest BCUT2D eigenvalue weighted by Gasteiger charge is -2.33. The molecule has 3 unspecified atom stereocenters. The van der Waals surface area contributed by atoms with Gasteiger partial charge in [-0.25, -0.2) is 4.79 Å². The van der Waals surface area contributed by atoms with E-state index in [2.05, 4.69) is 12.2 Å². The van der Waals surface area contributed by atoms with E-state index in [4.69, 9.17) is 9.84 Å². The summed E-state index contributed by atoms with van der Waals surface area (Å²) in [4.78, 5) is 35.3. The van der Waals surface area contributed by atoms with Gasteiger partial charge in [0, 0.05) is 19.5 Å². The van der Waals surface area contributed by atoms with Crippen molar-refractivity contribution >= 4 is 17.8 Å². The number of hydrogen-bond donors (Lipinski definition) is 3. The molecular weight excluding hydrogens is 316 g/mol. The van der Waals surface area contributed by atoms with Gasteiger partial charge in [-0.2, -0.15) is 0 Å². The summed E-state index contributed by atoms with van der Waals surface area (Å²) < 4.78 is 5.33. The van der Waals surface area contributed by atoms with Crippen LogP contribution in [0, 0.1) is 0 Å². The van der Waals surface area contributed by atoms with Gasteiger partial charge >= 0.3 is 11.9 Å². The summed E-state index contributed by atoms with van der Waals surface area (Å²) in [6.07, 6.45) is 1.55. The number of carbonyl (C=O) groups excluding carboxylic acids is 1. The van der Waals surface area contributed by atoms with Gasteiger partial charge in [-0.1, -0.05) is 19.8 Å². The molecule has 0 aliphatic heterocycles. The van der Waals surface area contributed by atoms with Crippen molar-refractivity contribution in [3.05, 3.63) is 0 Å². The summed E-state index contributed by atoms with van der Waals surface area (Å²) in [5, 5.41) is 20.8. The standard InChI is InChI=1S/C16H30N2O6/c1-5-6-7-8-14(19)17-9-10-18(11(2)15(20)21)13(4)24-12(3)16(22)23/h11-13H,5-10H2,1-4H3,(H,17,19)(H,20,21)(H,22,23). The van der Waals surface area contributed by atoms with E-state index in [0.717, 1.165) is 19.3 Å². The van der Waals surface area contributed by atoms with E-state index >= 15 is 0 Å². The van der Waals surface area contributed by atoms with Crippen LogP contribution in [-0.2, 0) is 19.1 Å². The van der Waals surface area contributed by atoms with Gasteiger partial charge < -0.3 is 20.3 Å². The fourth-order valence-corrected chi connectivity index (χ4v) is 2.21. The van der Waals surface area contributed by atoms with Crippen molar-refractivity contribution in [3.8, 4) is 0 Å². The number of nitrogens with one attached hydrogen (secondary N) is 1. The minimum atomic E-state index is -1.12. The molecule has 0 aliphatic carbocycles. The molecule has 0 bridgehead atoms. The second-order valence-electron chi connectivity index (χ2n) is 5.77. The minimum Gasteiger partial charge on any atom is -0.480 e. The Hall–Kier alpha value is -1.67. The first-order valence-electron chi connectivity index (χ1n) is 8.34. The lowest BCUT2D eigenvalue weighted by molar-refractivity contribution is -0.166. The smallest absolute Gasteiger partial charge is 0.332 e. The van der Waals surface area contributed by atoms with E-state index in [1.54, 1.807) is 6.92 Å². The SMILES string of the molecule is CCCCCC(=O)NCCN(C(C)OC(C)C(=O)O)C(C)C(=O)O. The first-order valence-corrected chi connectivity index (χ1v) is 8.34. The highest BCUT2D eigenvalue weighted by Crippen LogP contribution is 2.10. The highest BCUT2D eigenvalue weighted by atomic mass is 16.5. The van der Waals surface area contributed by atoms with E-state index in [1.807, 2.05) is 0 Å². The Morgan fingerprint density at radius 1 is 1.08 bits per heavy atom. The summed E-state index contributed by atoms with van der Waals surface area (Å²) in [6, 6.07) is -0.863. The van der Waals surface area contributed by atoms with E-state index < -0.39 is 30.3 Å². The third-order valence-corrected chi connectivity index (χ3v) is 3.77. The molecule has 0 saturated heterocycles. The Morgan fingerprint density at radius 2 is 1.71 bits per heavy atom. The van der Waals surface area contributed by atoms with Crippen molar-refractivity contribution in [1.29, 1.82) is 0 Å². The van der Waals surface area contributed by atoms with E-state index in [9.17, 15) is 19.5 Å². The van der Waals surface area contributed by atoms with Crippen molar-refractivity contribution in [2.24, 2.45) is 0 Å². The number of rotatable bonds is 13. The van der Waals surface area contributed by atoms with Crippen LogP contribution in [0.15, 0.2) is 0 Å². The summed E-state index contributed by atoms with van der Waals surface area (Å²) in [5.74, 6) is -2.23. The Bertz CT molecular complexity index is 415. The molecule has 8 heteroatoms. The molecule has 0 aromatic heterocycles. The average molecular weight is 346 g/mol. The lowest BCUT2D eigenvalue weighted by atomic mass is 10.2. The zero-order chi connectivity index (χ0) is 18.7. The number of hydrogen-bond acceptors (Lipinski definition) is 5. The number of carboxylic acid groups (broad SMARTS) is 2. The highest BCUT2D eigenvalue weighted by Gasteiger charge is 2.28. The van der Waals surface area contributed by atoms with Crippen molar-refractivity contribution in [2.45, 2.75) is 71.8 Å². The fraction of sp³-hybridized carbons (Fsp3) is 0.812. The molecular formula is C16H30N2O6. The molecule has 0 saturated carbocycles. The molecule has 1 amide bonds. The van der Waals surface area contributed by atoms with Crippen LogP contribution in [0.3, 0.4) is 0 Å². The third kappa shape index (κ3) is 8.83. The maximum atomic E-state index is 11.7. The van der Waals surface area contributed by atoms with Crippen LogP contribution < -0.4 is 5.32 Å². The Kier molecular flexibility index (Phi) is 11.0. The van der Waals surface area contributed by atoms with Crippen molar-refractivity contribution < 1.29 is 29.3 Å². The molecule has 0 heterocycles. The predicted molar refractivity (Wildman–Crippen MR) is 88.6 cm³/mol. The number of amides is 1. The summed E-state index contributed by atoms with van der Waals surface area (Å²) in [5.41, 5.74) is 0. The minimum absolute atomic E-state index is 0.0705. The van der Waals surface area contributed by atoms with Gasteiger partial charge in [-0.3, -0.25) is 14.5 Å². The topological polar surface area (TPSA) is 116 Å². The number of unbranched alkanes of at least 4 members (excludes halogenated alkanes) is 2. The average Bonchev–Trinajstić information content (AvgIpc) is 2.50. The number of aliphatic carboxylic acids is 2. The molecule has 8 nitrogen and oxygen atoms in total. The maximum absolute atomic E-state index is 11.7. The van der Waals surface area contributed by atoms with E-state index in [1.165, 1.54) is 18.7 Å². The zero-order valence-corrected chi connectivity index (χ0v) is 14.9. The molecule has 140 valence electrons. The fourth-order valence-electron chi connectivity index (χ4n) is 2.21. The van der Waals surface area contributed by atoms with Gasteiger partial charge in [-0.15, -0.1) is 0 Å². The largest absolute Gasteiger partial charge is 0.480 e. The first-order chi connectivity index (χ1) is 11.2. The second-order valence-corrected chi connectivity index (χ2v) is 5.77. The lowest BCUT2D eigenvalue weighted by Crippen LogP contribution is -2.50. The van der Waals surface area contributed by atoms with Crippen molar-refractivity contribution in [2.75, 3.05) is 13.1 Å². The number of carbonyl (C=O) groups is 3. The molecule has 3 atom stereocenters. The van der Waals surface area contributed by atoms with Crippen LogP contribution in [0.25, 0.3) is 0 Å². The number of carboxylic acids is 2. The van der Waals surface area contributed by atoms with Crippen molar-refractivity contribution in [1.82, 2.24) is 10.2 Å². The van der Waals surface area contributed by atoms with Crippen LogP contribution in [0.1, 0.15) is 53.4 Å². The van der Waals surface area contributed by atoms with Crippen LogP contribution in [0.2, 0.25) is 0 Å². The highest BCUT2D eigenvalue weighted by molar-refractivity contribution is 5.76. The number of nitrogens with zero attached hydrogens (tertiary/aromatic N) is 1. The van der Waals surface area contributed by atoms with Gasteiger partial charge in [0.2, 0.25) is 5.91 Å². The normalized spacial score (nSPS) is 14.9. The van der Waals surface area contributed by atoms with Crippen LogP contribution in [0.4, 0.5) is 0 Å². The molecule has 0 rings (SSSR count). The summed E-state index contributed by atoms with van der Waals surface area (Å²) in [7, 11) is 0. The monoisotopic (exact) mass is 346 g/mol. The maximum Gasteiger partial charge on any atom is 0.332 e. The van der Waals surface area contributed by atoms with Gasteiger partial charge in [0.25, 0.3) is 0 Å². The quantitative estimate of drug-likeness (QED) is 0.340. The van der Waals surface area contributed by atoms with Gasteiger partial charge in [0.1, 0.15) is 12.3 Å². The predicted octanol–water partition coefficient (Wildman–Crippen LogP) is 1.29. The third-order valence-electron chi connectivity index (χ3n) is 3.77.